The Labute approximate surface area is 133 Å². The lowest BCUT2D eigenvalue weighted by molar-refractivity contribution is -0.116. The third kappa shape index (κ3) is 3.80. The van der Waals surface area contributed by atoms with Gasteiger partial charge in [0, 0.05) is 12.6 Å². The van der Waals surface area contributed by atoms with E-state index in [1.807, 2.05) is 42.5 Å². The van der Waals surface area contributed by atoms with Crippen LogP contribution < -0.4 is 5.32 Å². The van der Waals surface area contributed by atoms with Crippen LogP contribution in [0.25, 0.3) is 16.3 Å². The molecule has 1 heterocycles. The number of rotatable bonds is 5. The SMILES string of the molecule is O=C(/C=C/c1nc2ccccc2s1)NCCc1ccccc1. The molecule has 0 atom stereocenters. The quantitative estimate of drug-likeness (QED) is 0.731. The fraction of sp³-hybridized carbons (Fsp3) is 0.111. The maximum atomic E-state index is 11.8. The first-order valence-electron chi connectivity index (χ1n) is 7.17. The van der Waals surface area contributed by atoms with Gasteiger partial charge in [-0.15, -0.1) is 11.3 Å². The topological polar surface area (TPSA) is 42.0 Å². The highest BCUT2D eigenvalue weighted by Gasteiger charge is 2.01. The minimum Gasteiger partial charge on any atom is -0.352 e. The normalized spacial score (nSPS) is 11.1. The molecule has 0 saturated heterocycles. The molecule has 1 N–H and O–H groups in total. The maximum Gasteiger partial charge on any atom is 0.244 e. The summed E-state index contributed by atoms with van der Waals surface area (Å²) < 4.78 is 1.13. The van der Waals surface area contributed by atoms with Gasteiger partial charge in [0.1, 0.15) is 5.01 Å². The van der Waals surface area contributed by atoms with Crippen LogP contribution in [0.3, 0.4) is 0 Å². The predicted molar refractivity (Wildman–Crippen MR) is 91.8 cm³/mol. The number of carbonyl (C=O) groups excluding carboxylic acids is 1. The highest BCUT2D eigenvalue weighted by molar-refractivity contribution is 7.19. The molecule has 3 nitrogen and oxygen atoms in total. The maximum absolute atomic E-state index is 11.8. The number of nitrogens with one attached hydrogen (secondary N) is 1. The third-order valence-corrected chi connectivity index (χ3v) is 4.25. The zero-order chi connectivity index (χ0) is 15.2. The van der Waals surface area contributed by atoms with Crippen LogP contribution in [0.5, 0.6) is 0 Å². The molecule has 0 aliphatic rings. The van der Waals surface area contributed by atoms with Gasteiger partial charge in [0.2, 0.25) is 5.91 Å². The Morgan fingerprint density at radius 1 is 1.09 bits per heavy atom. The van der Waals surface area contributed by atoms with E-state index in [9.17, 15) is 4.79 Å². The van der Waals surface area contributed by atoms with E-state index in [0.717, 1.165) is 21.6 Å². The smallest absolute Gasteiger partial charge is 0.244 e. The number of amides is 1. The molecule has 1 amide bonds. The summed E-state index contributed by atoms with van der Waals surface area (Å²) in [4.78, 5) is 16.3. The molecule has 0 aliphatic heterocycles. The summed E-state index contributed by atoms with van der Waals surface area (Å²) in [5.74, 6) is -0.0878. The number of thiazole rings is 1. The molecule has 22 heavy (non-hydrogen) atoms. The molecule has 4 heteroatoms. The average Bonchev–Trinajstić information content (AvgIpc) is 2.97. The average molecular weight is 308 g/mol. The molecular weight excluding hydrogens is 292 g/mol. The van der Waals surface area contributed by atoms with Crippen molar-refractivity contribution in [2.75, 3.05) is 6.54 Å². The first-order chi connectivity index (χ1) is 10.8. The second-order valence-corrected chi connectivity index (χ2v) is 5.94. The number of hydrogen-bond acceptors (Lipinski definition) is 3. The highest BCUT2D eigenvalue weighted by atomic mass is 32.1. The van der Waals surface area contributed by atoms with Gasteiger partial charge in [-0.1, -0.05) is 42.5 Å². The van der Waals surface area contributed by atoms with E-state index in [4.69, 9.17) is 0 Å². The monoisotopic (exact) mass is 308 g/mol. The molecule has 0 spiro atoms. The van der Waals surface area contributed by atoms with Gasteiger partial charge < -0.3 is 5.32 Å². The third-order valence-electron chi connectivity index (χ3n) is 3.24. The van der Waals surface area contributed by atoms with Gasteiger partial charge in [0.15, 0.2) is 0 Å². The minimum absolute atomic E-state index is 0.0878. The fourth-order valence-electron chi connectivity index (χ4n) is 2.14. The number of hydrogen-bond donors (Lipinski definition) is 1. The Kier molecular flexibility index (Phi) is 4.61. The zero-order valence-electron chi connectivity index (χ0n) is 12.0. The van der Waals surface area contributed by atoms with Crippen LogP contribution >= 0.6 is 11.3 Å². The first-order valence-corrected chi connectivity index (χ1v) is 7.98. The molecule has 0 bridgehead atoms. The van der Waals surface area contributed by atoms with Crippen LogP contribution in [0.1, 0.15) is 10.6 Å². The summed E-state index contributed by atoms with van der Waals surface area (Å²) in [5.41, 5.74) is 2.19. The number of carbonyl (C=O) groups is 1. The molecule has 110 valence electrons. The van der Waals surface area contributed by atoms with Crippen molar-refractivity contribution in [1.29, 1.82) is 0 Å². The van der Waals surface area contributed by atoms with Gasteiger partial charge >= 0.3 is 0 Å². The van der Waals surface area contributed by atoms with Crippen molar-refractivity contribution in [3.05, 3.63) is 71.2 Å². The molecule has 0 unspecified atom stereocenters. The number of aromatic nitrogens is 1. The predicted octanol–water partition coefficient (Wildman–Crippen LogP) is 3.67. The van der Waals surface area contributed by atoms with Crippen molar-refractivity contribution < 1.29 is 4.79 Å². The Hall–Kier alpha value is -2.46. The van der Waals surface area contributed by atoms with Crippen LogP contribution in [0.4, 0.5) is 0 Å². The van der Waals surface area contributed by atoms with E-state index in [1.165, 1.54) is 5.56 Å². The Balaban J connectivity index is 1.52. The van der Waals surface area contributed by atoms with Gasteiger partial charge in [-0.3, -0.25) is 4.79 Å². The number of fused-ring (bicyclic) bond motifs is 1. The minimum atomic E-state index is -0.0878. The number of benzene rings is 2. The summed E-state index contributed by atoms with van der Waals surface area (Å²) >= 11 is 1.58. The molecule has 1 aromatic heterocycles. The van der Waals surface area contributed by atoms with E-state index >= 15 is 0 Å². The van der Waals surface area contributed by atoms with E-state index < -0.39 is 0 Å². The number of para-hydroxylation sites is 1. The second kappa shape index (κ2) is 7.00. The Morgan fingerprint density at radius 2 is 1.86 bits per heavy atom. The van der Waals surface area contributed by atoms with Gasteiger partial charge in [-0.25, -0.2) is 4.98 Å². The van der Waals surface area contributed by atoms with Crippen molar-refractivity contribution in [2.45, 2.75) is 6.42 Å². The number of nitrogens with zero attached hydrogens (tertiary/aromatic N) is 1. The summed E-state index contributed by atoms with van der Waals surface area (Å²) in [7, 11) is 0. The molecule has 3 aromatic rings. The van der Waals surface area contributed by atoms with Crippen LogP contribution in [0, 0.1) is 0 Å². The van der Waals surface area contributed by atoms with Crippen molar-refractivity contribution in [2.24, 2.45) is 0 Å². The van der Waals surface area contributed by atoms with Gasteiger partial charge in [0.25, 0.3) is 0 Å². The molecule has 3 rings (SSSR count). The molecule has 0 fully saturated rings. The molecule has 0 saturated carbocycles. The highest BCUT2D eigenvalue weighted by Crippen LogP contribution is 2.22. The summed E-state index contributed by atoms with van der Waals surface area (Å²) in [6.45, 7) is 0.632. The van der Waals surface area contributed by atoms with Crippen LogP contribution in [-0.4, -0.2) is 17.4 Å². The molecular formula is C18H16N2OS. The van der Waals surface area contributed by atoms with Crippen molar-refractivity contribution in [3.63, 3.8) is 0 Å². The lowest BCUT2D eigenvalue weighted by Gasteiger charge is -2.02. The van der Waals surface area contributed by atoms with E-state index in [0.29, 0.717) is 6.54 Å². The van der Waals surface area contributed by atoms with Gasteiger partial charge in [0.05, 0.1) is 10.2 Å². The van der Waals surface area contributed by atoms with Gasteiger partial charge in [-0.05, 0) is 30.2 Å². The lowest BCUT2D eigenvalue weighted by atomic mass is 10.1. The largest absolute Gasteiger partial charge is 0.352 e. The van der Waals surface area contributed by atoms with Crippen LogP contribution in [-0.2, 0) is 11.2 Å². The molecule has 2 aromatic carbocycles. The second-order valence-electron chi connectivity index (χ2n) is 4.88. The summed E-state index contributed by atoms with van der Waals surface area (Å²) in [6, 6.07) is 18.1. The lowest BCUT2D eigenvalue weighted by Crippen LogP contribution is -2.23. The summed E-state index contributed by atoms with van der Waals surface area (Å²) in [6.07, 6.45) is 4.15. The van der Waals surface area contributed by atoms with Crippen LogP contribution in [0.15, 0.2) is 60.7 Å². The van der Waals surface area contributed by atoms with Crippen molar-refractivity contribution in [3.8, 4) is 0 Å². The zero-order valence-corrected chi connectivity index (χ0v) is 12.8. The van der Waals surface area contributed by atoms with Crippen molar-refractivity contribution >= 4 is 33.5 Å². The van der Waals surface area contributed by atoms with Crippen LogP contribution in [0.2, 0.25) is 0 Å². The van der Waals surface area contributed by atoms with E-state index in [-0.39, 0.29) is 5.91 Å². The van der Waals surface area contributed by atoms with E-state index in [1.54, 1.807) is 23.5 Å². The van der Waals surface area contributed by atoms with Crippen molar-refractivity contribution in [1.82, 2.24) is 10.3 Å². The van der Waals surface area contributed by atoms with Gasteiger partial charge in [-0.2, -0.15) is 0 Å². The fourth-order valence-corrected chi connectivity index (χ4v) is 3.01. The first kappa shape index (κ1) is 14.5. The van der Waals surface area contributed by atoms with E-state index in [2.05, 4.69) is 22.4 Å². The summed E-state index contributed by atoms with van der Waals surface area (Å²) in [5, 5.41) is 3.73. The Morgan fingerprint density at radius 3 is 2.68 bits per heavy atom. The molecule has 0 aliphatic carbocycles. The standard InChI is InChI=1S/C18H16N2OS/c21-17(19-13-12-14-6-2-1-3-7-14)10-11-18-20-15-8-4-5-9-16(15)22-18/h1-11H,12-13H2,(H,19,21)/b11-10+. The Bertz CT molecular complexity index is 760. The molecule has 0 radical (unpaired) electrons.